The zero-order valence-electron chi connectivity index (χ0n) is 9.98. The molecule has 0 spiro atoms. The maximum Gasteiger partial charge on any atom is 0.327 e. The molecule has 4 nitrogen and oxygen atoms in total. The molecular formula is C13H10F2N2O2. The molecule has 98 valence electrons. The van der Waals surface area contributed by atoms with Crippen LogP contribution in [0.25, 0.3) is 0 Å². The fourth-order valence-electron chi connectivity index (χ4n) is 1.68. The summed E-state index contributed by atoms with van der Waals surface area (Å²) in [4.78, 5) is 10.0. The van der Waals surface area contributed by atoms with E-state index in [2.05, 4.69) is 5.32 Å². The summed E-state index contributed by atoms with van der Waals surface area (Å²) < 4.78 is 26.5. The lowest BCUT2D eigenvalue weighted by Gasteiger charge is -2.08. The highest BCUT2D eigenvalue weighted by molar-refractivity contribution is 5.70. The Morgan fingerprint density at radius 1 is 1.16 bits per heavy atom. The third-order valence-corrected chi connectivity index (χ3v) is 2.61. The number of benzene rings is 2. The smallest absolute Gasteiger partial charge is 0.327 e. The van der Waals surface area contributed by atoms with Crippen LogP contribution in [0.15, 0.2) is 36.4 Å². The lowest BCUT2D eigenvalue weighted by atomic mass is 10.2. The molecule has 0 saturated heterocycles. The zero-order chi connectivity index (χ0) is 14.0. The normalized spacial score (nSPS) is 10.3. The van der Waals surface area contributed by atoms with Crippen LogP contribution in [0.4, 0.5) is 25.8 Å². The van der Waals surface area contributed by atoms with Crippen LogP contribution in [-0.2, 0) is 0 Å². The van der Waals surface area contributed by atoms with Crippen molar-refractivity contribution in [2.75, 3.05) is 5.32 Å². The highest BCUT2D eigenvalue weighted by Gasteiger charge is 2.19. The fourth-order valence-corrected chi connectivity index (χ4v) is 1.68. The molecule has 0 radical (unpaired) electrons. The Morgan fingerprint density at radius 3 is 2.53 bits per heavy atom. The molecular weight excluding hydrogens is 254 g/mol. The molecule has 0 aliphatic rings. The Kier molecular flexibility index (Phi) is 3.41. The van der Waals surface area contributed by atoms with Crippen LogP contribution in [0.3, 0.4) is 0 Å². The number of anilines is 2. The van der Waals surface area contributed by atoms with E-state index in [0.29, 0.717) is 11.3 Å². The van der Waals surface area contributed by atoms with Gasteiger partial charge in [0.1, 0.15) is 11.5 Å². The number of aryl methyl sites for hydroxylation is 1. The van der Waals surface area contributed by atoms with Crippen LogP contribution in [0.1, 0.15) is 5.56 Å². The highest BCUT2D eigenvalue weighted by atomic mass is 19.1. The average Bonchev–Trinajstić information content (AvgIpc) is 2.33. The van der Waals surface area contributed by atoms with Gasteiger partial charge < -0.3 is 5.32 Å². The molecule has 0 aliphatic carbocycles. The highest BCUT2D eigenvalue weighted by Crippen LogP contribution is 2.30. The van der Waals surface area contributed by atoms with E-state index in [0.717, 1.165) is 6.07 Å². The number of nitrogens with one attached hydrogen (secondary N) is 1. The molecule has 0 heterocycles. The van der Waals surface area contributed by atoms with Crippen LogP contribution in [0, 0.1) is 28.7 Å². The molecule has 0 saturated carbocycles. The Balaban J connectivity index is 2.40. The first-order chi connectivity index (χ1) is 8.99. The van der Waals surface area contributed by atoms with Crippen molar-refractivity contribution in [1.82, 2.24) is 0 Å². The molecule has 6 heteroatoms. The minimum absolute atomic E-state index is 0.0241. The molecule has 0 unspecified atom stereocenters. The summed E-state index contributed by atoms with van der Waals surface area (Å²) in [5.74, 6) is -1.30. The van der Waals surface area contributed by atoms with Gasteiger partial charge >= 0.3 is 5.69 Å². The van der Waals surface area contributed by atoms with E-state index < -0.39 is 16.4 Å². The van der Waals surface area contributed by atoms with Gasteiger partial charge in [0.05, 0.1) is 4.92 Å². The molecule has 1 N–H and O–H groups in total. The van der Waals surface area contributed by atoms with Gasteiger partial charge in [-0.25, -0.2) is 4.39 Å². The van der Waals surface area contributed by atoms with E-state index in [9.17, 15) is 18.9 Å². The van der Waals surface area contributed by atoms with Gasteiger partial charge in [-0.15, -0.1) is 0 Å². The zero-order valence-corrected chi connectivity index (χ0v) is 9.98. The van der Waals surface area contributed by atoms with E-state index in [1.807, 2.05) is 0 Å². The Labute approximate surface area is 107 Å². The summed E-state index contributed by atoms with van der Waals surface area (Å²) in [5.41, 5.74) is 0.233. The van der Waals surface area contributed by atoms with Gasteiger partial charge in [0.2, 0.25) is 5.82 Å². The summed E-state index contributed by atoms with van der Waals surface area (Å²) in [6, 6.07) is 7.92. The Hall–Kier alpha value is -2.50. The average molecular weight is 264 g/mol. The Morgan fingerprint density at radius 2 is 1.89 bits per heavy atom. The van der Waals surface area contributed by atoms with Crippen LogP contribution in [0.2, 0.25) is 0 Å². The monoisotopic (exact) mass is 264 g/mol. The van der Waals surface area contributed by atoms with E-state index >= 15 is 0 Å². The second kappa shape index (κ2) is 5.01. The maximum atomic E-state index is 13.4. The molecule has 2 rings (SSSR count). The summed E-state index contributed by atoms with van der Waals surface area (Å²) >= 11 is 0. The summed E-state index contributed by atoms with van der Waals surface area (Å²) in [6.45, 7) is 1.57. The lowest BCUT2D eigenvalue weighted by molar-refractivity contribution is -0.386. The molecule has 0 aliphatic heterocycles. The van der Waals surface area contributed by atoms with Gasteiger partial charge in [-0.1, -0.05) is 6.07 Å². The number of para-hydroxylation sites is 1. The van der Waals surface area contributed by atoms with Gasteiger partial charge in [-0.3, -0.25) is 10.1 Å². The van der Waals surface area contributed by atoms with Gasteiger partial charge in [0.25, 0.3) is 0 Å². The number of hydrogen-bond donors (Lipinski definition) is 1. The van der Waals surface area contributed by atoms with Gasteiger partial charge in [-0.2, -0.15) is 4.39 Å². The van der Waals surface area contributed by atoms with Crippen molar-refractivity contribution in [1.29, 1.82) is 0 Å². The summed E-state index contributed by atoms with van der Waals surface area (Å²) in [7, 11) is 0. The standard InChI is InChI=1S/C13H10F2N2O2/c1-8-7-9(5-6-10(8)14)16-12-4-2-3-11(15)13(12)17(18)19/h2-7,16H,1H3. The van der Waals surface area contributed by atoms with Gasteiger partial charge in [0.15, 0.2) is 0 Å². The van der Waals surface area contributed by atoms with E-state index in [1.54, 1.807) is 6.92 Å². The second-order valence-electron chi connectivity index (χ2n) is 3.98. The topological polar surface area (TPSA) is 55.2 Å². The molecule has 0 aromatic heterocycles. The van der Waals surface area contributed by atoms with Crippen molar-refractivity contribution in [3.8, 4) is 0 Å². The van der Waals surface area contributed by atoms with Crippen LogP contribution in [-0.4, -0.2) is 4.92 Å². The lowest BCUT2D eigenvalue weighted by Crippen LogP contribution is -2.00. The summed E-state index contributed by atoms with van der Waals surface area (Å²) in [5, 5.41) is 13.5. The minimum Gasteiger partial charge on any atom is -0.350 e. The van der Waals surface area contributed by atoms with Crippen molar-refractivity contribution in [2.24, 2.45) is 0 Å². The predicted molar refractivity (Wildman–Crippen MR) is 67.5 cm³/mol. The first-order valence-electron chi connectivity index (χ1n) is 5.45. The molecule has 0 atom stereocenters. The number of nitro groups is 1. The predicted octanol–water partition coefficient (Wildman–Crippen LogP) is 3.93. The second-order valence-corrected chi connectivity index (χ2v) is 3.98. The summed E-state index contributed by atoms with van der Waals surface area (Å²) in [6.07, 6.45) is 0. The number of nitro benzene ring substituents is 1. The van der Waals surface area contributed by atoms with Gasteiger partial charge in [-0.05, 0) is 42.8 Å². The molecule has 2 aromatic carbocycles. The molecule has 0 fully saturated rings. The van der Waals surface area contributed by atoms with Crippen molar-refractivity contribution in [2.45, 2.75) is 6.92 Å². The largest absolute Gasteiger partial charge is 0.350 e. The number of hydrogen-bond acceptors (Lipinski definition) is 3. The third-order valence-electron chi connectivity index (χ3n) is 2.61. The minimum atomic E-state index is -0.922. The SMILES string of the molecule is Cc1cc(Nc2cccc(F)c2[N+](=O)[O-])ccc1F. The first-order valence-corrected chi connectivity index (χ1v) is 5.45. The number of nitrogens with zero attached hydrogens (tertiary/aromatic N) is 1. The fraction of sp³-hybridized carbons (Fsp3) is 0.0769. The number of rotatable bonds is 3. The van der Waals surface area contributed by atoms with Crippen LogP contribution >= 0.6 is 0 Å². The van der Waals surface area contributed by atoms with Crippen molar-refractivity contribution in [3.05, 3.63) is 63.7 Å². The van der Waals surface area contributed by atoms with Crippen molar-refractivity contribution in [3.63, 3.8) is 0 Å². The van der Waals surface area contributed by atoms with E-state index in [4.69, 9.17) is 0 Å². The molecule has 0 amide bonds. The van der Waals surface area contributed by atoms with Crippen LogP contribution in [0.5, 0.6) is 0 Å². The van der Waals surface area contributed by atoms with Crippen molar-refractivity contribution >= 4 is 17.1 Å². The molecule has 2 aromatic rings. The van der Waals surface area contributed by atoms with Gasteiger partial charge in [0, 0.05) is 5.69 Å². The van der Waals surface area contributed by atoms with Crippen molar-refractivity contribution < 1.29 is 13.7 Å². The number of halogens is 2. The van der Waals surface area contributed by atoms with Crippen LogP contribution < -0.4 is 5.32 Å². The first kappa shape index (κ1) is 12.9. The Bertz CT molecular complexity index is 645. The van der Waals surface area contributed by atoms with E-state index in [1.165, 1.54) is 30.3 Å². The van der Waals surface area contributed by atoms with E-state index in [-0.39, 0.29) is 11.5 Å². The quantitative estimate of drug-likeness (QED) is 0.675. The third kappa shape index (κ3) is 2.67. The maximum absolute atomic E-state index is 13.4. The molecule has 0 bridgehead atoms. The molecule has 19 heavy (non-hydrogen) atoms.